The summed E-state index contributed by atoms with van der Waals surface area (Å²) in [5, 5.41) is 5.96. The third-order valence-corrected chi connectivity index (χ3v) is 5.54. The number of benzene rings is 2. The first-order valence-corrected chi connectivity index (χ1v) is 11.0. The third-order valence-electron chi connectivity index (χ3n) is 5.34. The van der Waals surface area contributed by atoms with Crippen LogP contribution in [0.25, 0.3) is 0 Å². The first kappa shape index (κ1) is 23.0. The summed E-state index contributed by atoms with van der Waals surface area (Å²) in [7, 11) is 2.15. The summed E-state index contributed by atoms with van der Waals surface area (Å²) in [6, 6.07) is 15.9. The summed E-state index contributed by atoms with van der Waals surface area (Å²) in [6.07, 6.45) is 0. The van der Waals surface area contributed by atoms with E-state index in [4.69, 9.17) is 17.0 Å². The number of rotatable bonds is 5. The van der Waals surface area contributed by atoms with Crippen LogP contribution < -0.4 is 20.3 Å². The molecule has 3 rings (SSSR count). The molecular formula is C24H32N4O2S. The molecule has 1 aliphatic heterocycles. The standard InChI is InChI=1S/C24H32N4O2S/c1-24(2,3)18-5-11-21(12-6-18)30-17-22(29)26-23(31)25-19-7-9-20(10-8-19)28-15-13-27(4)14-16-28/h5-12H,13-17H2,1-4H3,(H2,25,26,29,31). The first-order valence-electron chi connectivity index (χ1n) is 10.6. The second-order valence-corrected chi connectivity index (χ2v) is 9.31. The smallest absolute Gasteiger partial charge is 0.264 e. The Labute approximate surface area is 190 Å². The molecule has 0 aromatic heterocycles. The van der Waals surface area contributed by atoms with Crippen LogP contribution in [0.4, 0.5) is 11.4 Å². The Kier molecular flexibility index (Phi) is 7.51. The minimum absolute atomic E-state index is 0.0798. The lowest BCUT2D eigenvalue weighted by Crippen LogP contribution is -2.44. The lowest BCUT2D eigenvalue weighted by atomic mass is 9.87. The summed E-state index contributed by atoms with van der Waals surface area (Å²) in [5.74, 6) is 0.355. The summed E-state index contributed by atoms with van der Waals surface area (Å²) < 4.78 is 5.57. The van der Waals surface area contributed by atoms with Gasteiger partial charge in [0.15, 0.2) is 11.7 Å². The predicted molar refractivity (Wildman–Crippen MR) is 131 cm³/mol. The van der Waals surface area contributed by atoms with E-state index in [0.29, 0.717) is 5.75 Å². The molecule has 1 aliphatic rings. The molecule has 2 N–H and O–H groups in total. The molecule has 7 heteroatoms. The molecule has 0 aliphatic carbocycles. The Balaban J connectivity index is 1.43. The number of ether oxygens (including phenoxy) is 1. The number of likely N-dealkylation sites (N-methyl/N-ethyl adjacent to an activating group) is 1. The fraction of sp³-hybridized carbons (Fsp3) is 0.417. The second-order valence-electron chi connectivity index (χ2n) is 8.90. The fourth-order valence-corrected chi connectivity index (χ4v) is 3.58. The van der Waals surface area contributed by atoms with Gasteiger partial charge in [-0.1, -0.05) is 32.9 Å². The van der Waals surface area contributed by atoms with Gasteiger partial charge in [0.25, 0.3) is 5.91 Å². The number of nitrogens with zero attached hydrogens (tertiary/aromatic N) is 2. The molecule has 2 aromatic rings. The summed E-state index contributed by atoms with van der Waals surface area (Å²) in [6.45, 7) is 10.6. The van der Waals surface area contributed by atoms with Crippen molar-refractivity contribution in [3.63, 3.8) is 0 Å². The largest absolute Gasteiger partial charge is 0.484 e. The van der Waals surface area contributed by atoms with Crippen LogP contribution >= 0.6 is 12.2 Å². The number of carbonyl (C=O) groups excluding carboxylic acids is 1. The van der Waals surface area contributed by atoms with Crippen LogP contribution in [0.5, 0.6) is 5.75 Å². The molecule has 0 bridgehead atoms. The number of amides is 1. The average molecular weight is 441 g/mol. The highest BCUT2D eigenvalue weighted by Gasteiger charge is 2.15. The number of hydrogen-bond donors (Lipinski definition) is 2. The van der Waals surface area contributed by atoms with Crippen LogP contribution in [-0.2, 0) is 10.2 Å². The second kappa shape index (κ2) is 10.1. The summed E-state index contributed by atoms with van der Waals surface area (Å²) >= 11 is 5.26. The topological polar surface area (TPSA) is 56.8 Å². The number of hydrogen-bond acceptors (Lipinski definition) is 5. The number of piperazine rings is 1. The molecule has 0 unspecified atom stereocenters. The highest BCUT2D eigenvalue weighted by atomic mass is 32.1. The van der Waals surface area contributed by atoms with Gasteiger partial charge < -0.3 is 19.9 Å². The van der Waals surface area contributed by atoms with Gasteiger partial charge in [-0.05, 0) is 66.6 Å². The minimum atomic E-state index is -0.300. The zero-order valence-corrected chi connectivity index (χ0v) is 19.6. The van der Waals surface area contributed by atoms with Crippen molar-refractivity contribution in [1.82, 2.24) is 10.2 Å². The third kappa shape index (κ3) is 6.94. The van der Waals surface area contributed by atoms with E-state index in [1.54, 1.807) is 0 Å². The van der Waals surface area contributed by atoms with Crippen molar-refractivity contribution in [3.05, 3.63) is 54.1 Å². The van der Waals surface area contributed by atoms with Gasteiger partial charge in [0, 0.05) is 37.6 Å². The van der Waals surface area contributed by atoms with Gasteiger partial charge in [-0.2, -0.15) is 0 Å². The monoisotopic (exact) mass is 440 g/mol. The van der Waals surface area contributed by atoms with Gasteiger partial charge in [-0.15, -0.1) is 0 Å². The number of carbonyl (C=O) groups is 1. The van der Waals surface area contributed by atoms with Crippen LogP contribution in [0.1, 0.15) is 26.3 Å². The quantitative estimate of drug-likeness (QED) is 0.693. The maximum absolute atomic E-state index is 12.2. The maximum Gasteiger partial charge on any atom is 0.264 e. The van der Waals surface area contributed by atoms with Gasteiger partial charge in [0.1, 0.15) is 5.75 Å². The molecule has 1 saturated heterocycles. The van der Waals surface area contributed by atoms with Gasteiger partial charge in [0.05, 0.1) is 0 Å². The molecule has 0 radical (unpaired) electrons. The number of nitrogens with one attached hydrogen (secondary N) is 2. The van der Waals surface area contributed by atoms with Crippen molar-refractivity contribution in [2.45, 2.75) is 26.2 Å². The maximum atomic E-state index is 12.2. The van der Waals surface area contributed by atoms with Crippen molar-refractivity contribution in [1.29, 1.82) is 0 Å². The van der Waals surface area contributed by atoms with Crippen molar-refractivity contribution in [3.8, 4) is 5.75 Å². The zero-order valence-electron chi connectivity index (χ0n) is 18.8. The van der Waals surface area contributed by atoms with Crippen LogP contribution in [0.3, 0.4) is 0 Å². The molecule has 166 valence electrons. The van der Waals surface area contributed by atoms with Crippen LogP contribution in [0, 0.1) is 0 Å². The molecule has 0 spiro atoms. The first-order chi connectivity index (χ1) is 14.7. The molecule has 2 aromatic carbocycles. The molecule has 6 nitrogen and oxygen atoms in total. The Morgan fingerprint density at radius 3 is 2.19 bits per heavy atom. The molecule has 1 fully saturated rings. The Morgan fingerprint density at radius 1 is 1.00 bits per heavy atom. The van der Waals surface area contributed by atoms with E-state index in [2.05, 4.69) is 60.4 Å². The van der Waals surface area contributed by atoms with E-state index in [1.807, 2.05) is 36.4 Å². The summed E-state index contributed by atoms with van der Waals surface area (Å²) in [4.78, 5) is 16.9. The average Bonchev–Trinajstić information content (AvgIpc) is 2.73. The SMILES string of the molecule is CN1CCN(c2ccc(NC(=S)NC(=O)COc3ccc(C(C)(C)C)cc3)cc2)CC1. The molecule has 1 amide bonds. The predicted octanol–water partition coefficient (Wildman–Crippen LogP) is 3.63. The van der Waals surface area contributed by atoms with Gasteiger partial charge >= 0.3 is 0 Å². The van der Waals surface area contributed by atoms with Crippen molar-refractivity contribution in [2.24, 2.45) is 0 Å². The molecule has 1 heterocycles. The van der Waals surface area contributed by atoms with Crippen molar-refractivity contribution < 1.29 is 9.53 Å². The Bertz CT molecular complexity index is 883. The Hall–Kier alpha value is -2.64. The van der Waals surface area contributed by atoms with Crippen molar-refractivity contribution >= 4 is 34.6 Å². The molecular weight excluding hydrogens is 408 g/mol. The van der Waals surface area contributed by atoms with E-state index < -0.39 is 0 Å². The Morgan fingerprint density at radius 2 is 1.61 bits per heavy atom. The highest BCUT2D eigenvalue weighted by molar-refractivity contribution is 7.80. The van der Waals surface area contributed by atoms with E-state index in [0.717, 1.165) is 31.9 Å². The van der Waals surface area contributed by atoms with Crippen molar-refractivity contribution in [2.75, 3.05) is 50.1 Å². The zero-order chi connectivity index (χ0) is 22.4. The van der Waals surface area contributed by atoms with E-state index in [9.17, 15) is 4.79 Å². The van der Waals surface area contributed by atoms with Crippen LogP contribution in [-0.4, -0.2) is 55.8 Å². The molecule has 0 atom stereocenters. The fourth-order valence-electron chi connectivity index (χ4n) is 3.35. The van der Waals surface area contributed by atoms with Crippen LogP contribution in [0.15, 0.2) is 48.5 Å². The lowest BCUT2D eigenvalue weighted by molar-refractivity contribution is -0.121. The highest BCUT2D eigenvalue weighted by Crippen LogP contribution is 2.24. The van der Waals surface area contributed by atoms with Gasteiger partial charge in [0.2, 0.25) is 0 Å². The van der Waals surface area contributed by atoms with E-state index in [1.165, 1.54) is 11.3 Å². The number of thiocarbonyl (C=S) groups is 1. The normalized spacial score (nSPS) is 14.8. The molecule has 31 heavy (non-hydrogen) atoms. The van der Waals surface area contributed by atoms with Gasteiger partial charge in [-0.25, -0.2) is 0 Å². The van der Waals surface area contributed by atoms with E-state index >= 15 is 0 Å². The molecule has 0 saturated carbocycles. The summed E-state index contributed by atoms with van der Waals surface area (Å²) in [5.41, 5.74) is 3.32. The van der Waals surface area contributed by atoms with E-state index in [-0.39, 0.29) is 23.0 Å². The van der Waals surface area contributed by atoms with Crippen LogP contribution in [0.2, 0.25) is 0 Å². The number of anilines is 2. The lowest BCUT2D eigenvalue weighted by Gasteiger charge is -2.34. The van der Waals surface area contributed by atoms with Gasteiger partial charge in [-0.3, -0.25) is 10.1 Å². The minimum Gasteiger partial charge on any atom is -0.484 e.